The van der Waals surface area contributed by atoms with Gasteiger partial charge in [-0.2, -0.15) is 0 Å². The van der Waals surface area contributed by atoms with Crippen LogP contribution in [0.1, 0.15) is 24.1 Å². The monoisotopic (exact) mass is 378 g/mol. The van der Waals surface area contributed by atoms with Crippen LogP contribution in [0, 0.1) is 0 Å². The van der Waals surface area contributed by atoms with Crippen LogP contribution in [0.2, 0.25) is 0 Å². The van der Waals surface area contributed by atoms with Gasteiger partial charge in [-0.25, -0.2) is 0 Å². The molecule has 0 aliphatic rings. The fraction of sp³-hybridized carbons (Fsp3) is 0.261. The highest BCUT2D eigenvalue weighted by molar-refractivity contribution is 5.86. The molecule has 1 atom stereocenters. The molecule has 0 spiro atoms. The highest BCUT2D eigenvalue weighted by Crippen LogP contribution is 2.27. The van der Waals surface area contributed by atoms with Gasteiger partial charge < -0.3 is 20.1 Å². The predicted octanol–water partition coefficient (Wildman–Crippen LogP) is 3.82. The van der Waals surface area contributed by atoms with E-state index < -0.39 is 0 Å². The summed E-state index contributed by atoms with van der Waals surface area (Å²) in [5.74, 6) is 1.27. The Bertz CT molecular complexity index is 950. The summed E-state index contributed by atoms with van der Waals surface area (Å²) in [4.78, 5) is 12.3. The molecule has 146 valence electrons. The molecule has 0 unspecified atom stereocenters. The smallest absolute Gasteiger partial charge is 0.234 e. The quantitative estimate of drug-likeness (QED) is 0.626. The standard InChI is InChI=1S/C23H26N2O3/c1-16(19-10-6-8-18-7-4-5-9-20(18)19)24-15-23(26)25-14-17-11-12-21(27-2)22(13-17)28-3/h4-13,16,24H,14-15H2,1-3H3,(H,25,26)/t16-/m1/s1. The maximum atomic E-state index is 12.3. The fourth-order valence-electron chi connectivity index (χ4n) is 3.24. The highest BCUT2D eigenvalue weighted by Gasteiger charge is 2.11. The molecule has 0 radical (unpaired) electrons. The van der Waals surface area contributed by atoms with Gasteiger partial charge in [0.1, 0.15) is 0 Å². The van der Waals surface area contributed by atoms with E-state index in [2.05, 4.69) is 41.8 Å². The first kappa shape index (κ1) is 19.7. The molecule has 2 N–H and O–H groups in total. The Hall–Kier alpha value is -3.05. The Morgan fingerprint density at radius 2 is 1.71 bits per heavy atom. The summed E-state index contributed by atoms with van der Waals surface area (Å²) in [6.07, 6.45) is 0. The average Bonchev–Trinajstić information content (AvgIpc) is 2.75. The summed E-state index contributed by atoms with van der Waals surface area (Å²) in [6, 6.07) is 20.2. The molecule has 28 heavy (non-hydrogen) atoms. The number of rotatable bonds is 8. The second-order valence-electron chi connectivity index (χ2n) is 6.64. The van der Waals surface area contributed by atoms with Crippen molar-refractivity contribution in [3.8, 4) is 11.5 Å². The van der Waals surface area contributed by atoms with Gasteiger partial charge in [0, 0.05) is 12.6 Å². The zero-order chi connectivity index (χ0) is 19.9. The summed E-state index contributed by atoms with van der Waals surface area (Å²) in [5.41, 5.74) is 2.14. The molecule has 0 heterocycles. The van der Waals surface area contributed by atoms with Gasteiger partial charge in [-0.3, -0.25) is 4.79 Å². The summed E-state index contributed by atoms with van der Waals surface area (Å²) in [6.45, 7) is 2.75. The molecular weight excluding hydrogens is 352 g/mol. The zero-order valence-corrected chi connectivity index (χ0v) is 16.5. The topological polar surface area (TPSA) is 59.6 Å². The lowest BCUT2D eigenvalue weighted by Gasteiger charge is -2.16. The van der Waals surface area contributed by atoms with Crippen molar-refractivity contribution < 1.29 is 14.3 Å². The molecule has 5 nitrogen and oxygen atoms in total. The van der Waals surface area contributed by atoms with Gasteiger partial charge in [-0.05, 0) is 41.0 Å². The van der Waals surface area contributed by atoms with Crippen LogP contribution >= 0.6 is 0 Å². The molecule has 0 aromatic heterocycles. The van der Waals surface area contributed by atoms with Crippen molar-refractivity contribution in [3.05, 3.63) is 71.8 Å². The van der Waals surface area contributed by atoms with Crippen LogP contribution in [0.5, 0.6) is 11.5 Å². The van der Waals surface area contributed by atoms with E-state index in [9.17, 15) is 4.79 Å². The number of ether oxygens (including phenoxy) is 2. The Kier molecular flexibility index (Phi) is 6.50. The van der Waals surface area contributed by atoms with Crippen LogP contribution in [0.3, 0.4) is 0 Å². The third kappa shape index (κ3) is 4.61. The zero-order valence-electron chi connectivity index (χ0n) is 16.5. The first-order valence-corrected chi connectivity index (χ1v) is 9.31. The number of methoxy groups -OCH3 is 2. The second kappa shape index (κ2) is 9.24. The van der Waals surface area contributed by atoms with E-state index >= 15 is 0 Å². The van der Waals surface area contributed by atoms with E-state index in [1.54, 1.807) is 14.2 Å². The summed E-state index contributed by atoms with van der Waals surface area (Å²) >= 11 is 0. The molecule has 1 amide bonds. The minimum atomic E-state index is -0.0538. The third-order valence-corrected chi connectivity index (χ3v) is 4.80. The molecule has 3 aromatic carbocycles. The number of carbonyl (C=O) groups is 1. The van der Waals surface area contributed by atoms with E-state index in [4.69, 9.17) is 9.47 Å². The third-order valence-electron chi connectivity index (χ3n) is 4.80. The number of nitrogens with one attached hydrogen (secondary N) is 2. The van der Waals surface area contributed by atoms with Crippen LogP contribution in [0.15, 0.2) is 60.7 Å². The lowest BCUT2D eigenvalue weighted by atomic mass is 10.00. The van der Waals surface area contributed by atoms with Crippen molar-refractivity contribution in [2.45, 2.75) is 19.5 Å². The van der Waals surface area contributed by atoms with Gasteiger partial charge in [0.25, 0.3) is 0 Å². The maximum Gasteiger partial charge on any atom is 0.234 e. The Morgan fingerprint density at radius 3 is 2.50 bits per heavy atom. The Morgan fingerprint density at radius 1 is 0.964 bits per heavy atom. The number of hydrogen-bond donors (Lipinski definition) is 2. The van der Waals surface area contributed by atoms with Crippen molar-refractivity contribution in [2.75, 3.05) is 20.8 Å². The summed E-state index contributed by atoms with van der Waals surface area (Å²) in [7, 11) is 3.20. The van der Waals surface area contributed by atoms with Gasteiger partial charge in [0.05, 0.1) is 20.8 Å². The Labute approximate surface area is 165 Å². The van der Waals surface area contributed by atoms with Crippen LogP contribution in [-0.4, -0.2) is 26.7 Å². The van der Waals surface area contributed by atoms with Crippen LogP contribution in [0.4, 0.5) is 0 Å². The normalized spacial score (nSPS) is 11.8. The van der Waals surface area contributed by atoms with Gasteiger partial charge in [-0.1, -0.05) is 48.5 Å². The molecule has 3 aromatic rings. The molecular formula is C23H26N2O3. The summed E-state index contributed by atoms with van der Waals surface area (Å²) in [5, 5.41) is 8.65. The lowest BCUT2D eigenvalue weighted by molar-refractivity contribution is -0.120. The minimum absolute atomic E-state index is 0.0538. The SMILES string of the molecule is COc1ccc(CNC(=O)CN[C@H](C)c2cccc3ccccc23)cc1OC. The molecule has 3 rings (SSSR count). The largest absolute Gasteiger partial charge is 0.493 e. The number of amides is 1. The van der Waals surface area contributed by atoms with Crippen molar-refractivity contribution >= 4 is 16.7 Å². The predicted molar refractivity (Wildman–Crippen MR) is 112 cm³/mol. The fourth-order valence-corrected chi connectivity index (χ4v) is 3.24. The maximum absolute atomic E-state index is 12.3. The molecule has 0 aliphatic carbocycles. The molecule has 0 fully saturated rings. The minimum Gasteiger partial charge on any atom is -0.493 e. The van der Waals surface area contributed by atoms with Crippen molar-refractivity contribution in [3.63, 3.8) is 0 Å². The van der Waals surface area contributed by atoms with E-state index in [-0.39, 0.29) is 18.5 Å². The molecule has 0 bridgehead atoms. The highest BCUT2D eigenvalue weighted by atomic mass is 16.5. The molecule has 0 saturated carbocycles. The Balaban J connectivity index is 1.55. The van der Waals surface area contributed by atoms with E-state index in [0.717, 1.165) is 5.56 Å². The van der Waals surface area contributed by atoms with Crippen LogP contribution in [-0.2, 0) is 11.3 Å². The van der Waals surface area contributed by atoms with E-state index in [0.29, 0.717) is 18.0 Å². The van der Waals surface area contributed by atoms with Gasteiger partial charge in [0.15, 0.2) is 11.5 Å². The number of fused-ring (bicyclic) bond motifs is 1. The van der Waals surface area contributed by atoms with Gasteiger partial charge >= 0.3 is 0 Å². The van der Waals surface area contributed by atoms with Crippen LogP contribution in [0.25, 0.3) is 10.8 Å². The van der Waals surface area contributed by atoms with Gasteiger partial charge in [0.2, 0.25) is 5.91 Å². The number of hydrogen-bond acceptors (Lipinski definition) is 4. The van der Waals surface area contributed by atoms with Crippen molar-refractivity contribution in [2.24, 2.45) is 0 Å². The molecule has 0 aliphatic heterocycles. The van der Waals surface area contributed by atoms with Crippen molar-refractivity contribution in [1.29, 1.82) is 0 Å². The van der Waals surface area contributed by atoms with E-state index in [1.807, 2.05) is 36.4 Å². The second-order valence-corrected chi connectivity index (χ2v) is 6.64. The lowest BCUT2D eigenvalue weighted by Crippen LogP contribution is -2.34. The average molecular weight is 378 g/mol. The van der Waals surface area contributed by atoms with E-state index in [1.165, 1.54) is 16.3 Å². The number of carbonyl (C=O) groups excluding carboxylic acids is 1. The molecule has 5 heteroatoms. The number of benzene rings is 3. The first-order valence-electron chi connectivity index (χ1n) is 9.31. The molecule has 0 saturated heterocycles. The summed E-state index contributed by atoms with van der Waals surface area (Å²) < 4.78 is 10.5. The first-order chi connectivity index (χ1) is 13.6. The van der Waals surface area contributed by atoms with Gasteiger partial charge in [-0.15, -0.1) is 0 Å². The van der Waals surface area contributed by atoms with Crippen molar-refractivity contribution in [1.82, 2.24) is 10.6 Å². The van der Waals surface area contributed by atoms with Crippen LogP contribution < -0.4 is 20.1 Å².